The van der Waals surface area contributed by atoms with Crippen LogP contribution in [-0.4, -0.2) is 60.5 Å². The van der Waals surface area contributed by atoms with Gasteiger partial charge in [0.05, 0.1) is 18.6 Å². The third-order valence-corrected chi connectivity index (χ3v) is 4.55. The van der Waals surface area contributed by atoms with Gasteiger partial charge in [-0.25, -0.2) is 0 Å². The number of carbonyl (C=O) groups is 2. The molecule has 0 aromatic heterocycles. The first-order chi connectivity index (χ1) is 11.6. The number of thioether (sulfide) groups is 1. The molecule has 3 N–H and O–H groups in total. The van der Waals surface area contributed by atoms with Crippen molar-refractivity contribution >= 4 is 36.0 Å². The van der Waals surface area contributed by atoms with Crippen LogP contribution in [0.25, 0.3) is 0 Å². The van der Waals surface area contributed by atoms with Crippen LogP contribution in [0.3, 0.4) is 0 Å². The second-order valence-corrected chi connectivity index (χ2v) is 6.78. The quantitative estimate of drug-likeness (QED) is 0.666. The number of nitrogens with one attached hydrogen (secondary N) is 1. The number of nitrogens with two attached hydrogens (primary N) is 1. The minimum Gasteiger partial charge on any atom is -0.492 e. The Bertz CT molecular complexity index is 547. The summed E-state index contributed by atoms with van der Waals surface area (Å²) in [6.07, 6.45) is 2.95. The second kappa shape index (κ2) is 11.2. The molecule has 0 saturated carbocycles. The third-order valence-electron chi connectivity index (χ3n) is 3.90. The van der Waals surface area contributed by atoms with Crippen LogP contribution in [0.15, 0.2) is 30.3 Å². The molecule has 1 aliphatic rings. The van der Waals surface area contributed by atoms with Crippen molar-refractivity contribution in [2.75, 3.05) is 31.7 Å². The fourth-order valence-electron chi connectivity index (χ4n) is 2.56. The molecule has 8 heteroatoms. The maximum Gasteiger partial charge on any atom is 0.237 e. The Kier molecular flexibility index (Phi) is 9.70. The van der Waals surface area contributed by atoms with Crippen molar-refractivity contribution in [2.45, 2.75) is 24.9 Å². The van der Waals surface area contributed by atoms with Gasteiger partial charge in [0.1, 0.15) is 12.4 Å². The van der Waals surface area contributed by atoms with Gasteiger partial charge in [0.25, 0.3) is 0 Å². The normalized spacial score (nSPS) is 17.8. The van der Waals surface area contributed by atoms with E-state index in [0.717, 1.165) is 11.5 Å². The Morgan fingerprint density at radius 3 is 2.84 bits per heavy atom. The number of halogens is 1. The highest BCUT2D eigenvalue weighted by Gasteiger charge is 2.31. The zero-order valence-corrected chi connectivity index (χ0v) is 16.0. The number of likely N-dealkylation sites (tertiary alicyclic amines) is 1. The smallest absolute Gasteiger partial charge is 0.237 e. The Morgan fingerprint density at radius 1 is 1.44 bits per heavy atom. The summed E-state index contributed by atoms with van der Waals surface area (Å²) in [5, 5.41) is 2.88. The molecule has 1 aliphatic heterocycles. The summed E-state index contributed by atoms with van der Waals surface area (Å²) in [6.45, 7) is 1.46. The number of hydrogen-bond acceptors (Lipinski definition) is 5. The predicted molar refractivity (Wildman–Crippen MR) is 103 cm³/mol. The van der Waals surface area contributed by atoms with Crippen molar-refractivity contribution in [3.63, 3.8) is 0 Å². The van der Waals surface area contributed by atoms with Crippen LogP contribution in [0.4, 0.5) is 0 Å². The van der Waals surface area contributed by atoms with E-state index in [1.807, 2.05) is 36.6 Å². The number of para-hydroxylation sites is 1. The molecule has 0 aliphatic carbocycles. The maximum atomic E-state index is 12.0. The number of rotatable bonds is 9. The molecular weight excluding hydrogens is 362 g/mol. The zero-order valence-electron chi connectivity index (χ0n) is 14.3. The van der Waals surface area contributed by atoms with Gasteiger partial charge in [-0.3, -0.25) is 9.59 Å². The first-order valence-corrected chi connectivity index (χ1v) is 9.50. The lowest BCUT2D eigenvalue weighted by molar-refractivity contribution is -0.128. The Hall–Kier alpha value is -1.44. The molecule has 1 saturated heterocycles. The first-order valence-electron chi connectivity index (χ1n) is 8.10. The van der Waals surface area contributed by atoms with Crippen molar-refractivity contribution in [1.29, 1.82) is 0 Å². The lowest BCUT2D eigenvalue weighted by atomic mass is 10.2. The van der Waals surface area contributed by atoms with E-state index in [1.165, 1.54) is 0 Å². The van der Waals surface area contributed by atoms with E-state index in [9.17, 15) is 9.59 Å². The number of carbonyl (C=O) groups excluding carboxylic acids is 2. The van der Waals surface area contributed by atoms with Crippen LogP contribution < -0.4 is 15.8 Å². The van der Waals surface area contributed by atoms with E-state index in [1.54, 1.807) is 16.7 Å². The Balaban J connectivity index is 0.00000312. The predicted octanol–water partition coefficient (Wildman–Crippen LogP) is 1.28. The molecule has 2 amide bonds. The van der Waals surface area contributed by atoms with Gasteiger partial charge in [-0.05, 0) is 30.6 Å². The van der Waals surface area contributed by atoms with Gasteiger partial charge in [-0.1, -0.05) is 18.2 Å². The fraction of sp³-hybridized carbons (Fsp3) is 0.529. The van der Waals surface area contributed by atoms with Gasteiger partial charge in [0.2, 0.25) is 11.8 Å². The molecule has 0 spiro atoms. The minimum atomic E-state index is -0.511. The molecule has 1 heterocycles. The molecule has 0 bridgehead atoms. The van der Waals surface area contributed by atoms with Crippen LogP contribution in [0.2, 0.25) is 0 Å². The average Bonchev–Trinajstić information content (AvgIpc) is 2.93. The van der Waals surface area contributed by atoms with Crippen molar-refractivity contribution in [2.24, 2.45) is 5.73 Å². The molecule has 25 heavy (non-hydrogen) atoms. The molecule has 2 atom stereocenters. The lowest BCUT2D eigenvalue weighted by Gasteiger charge is -2.18. The standard InChI is InChI=1S/C17H25N3O3S.ClH/c1-24-10-7-15(18)17(22)19-13-11-16(21)20(12-13)8-9-23-14-5-3-2-4-6-14;/h2-6,13,15H,7-12,18H2,1H3,(H,19,22);1H/t13?,15-;/m0./s1. The largest absolute Gasteiger partial charge is 0.492 e. The lowest BCUT2D eigenvalue weighted by Crippen LogP contribution is -2.46. The summed E-state index contributed by atoms with van der Waals surface area (Å²) in [6, 6.07) is 8.82. The molecule has 2 rings (SSSR count). The summed E-state index contributed by atoms with van der Waals surface area (Å²) in [5.74, 6) is 1.49. The number of benzene rings is 1. The van der Waals surface area contributed by atoms with Crippen molar-refractivity contribution in [1.82, 2.24) is 10.2 Å². The topological polar surface area (TPSA) is 84.7 Å². The van der Waals surface area contributed by atoms with E-state index in [0.29, 0.717) is 32.5 Å². The minimum absolute atomic E-state index is 0. The van der Waals surface area contributed by atoms with E-state index >= 15 is 0 Å². The van der Waals surface area contributed by atoms with Crippen LogP contribution >= 0.6 is 24.2 Å². The molecular formula is C17H26ClN3O3S. The van der Waals surface area contributed by atoms with Crippen LogP contribution in [-0.2, 0) is 9.59 Å². The monoisotopic (exact) mass is 387 g/mol. The molecule has 1 aromatic carbocycles. The van der Waals surface area contributed by atoms with Gasteiger partial charge in [0, 0.05) is 13.0 Å². The second-order valence-electron chi connectivity index (χ2n) is 5.80. The maximum absolute atomic E-state index is 12.0. The van der Waals surface area contributed by atoms with E-state index in [2.05, 4.69) is 5.32 Å². The highest BCUT2D eigenvalue weighted by molar-refractivity contribution is 7.98. The number of hydrogen-bond donors (Lipinski definition) is 2. The summed E-state index contributed by atoms with van der Waals surface area (Å²) in [5.41, 5.74) is 5.85. The van der Waals surface area contributed by atoms with E-state index < -0.39 is 6.04 Å². The first kappa shape index (κ1) is 21.6. The van der Waals surface area contributed by atoms with Crippen LogP contribution in [0.5, 0.6) is 5.75 Å². The number of ether oxygens (including phenoxy) is 1. The van der Waals surface area contributed by atoms with Crippen molar-refractivity contribution < 1.29 is 14.3 Å². The average molecular weight is 388 g/mol. The molecule has 0 radical (unpaired) electrons. The van der Waals surface area contributed by atoms with E-state index in [4.69, 9.17) is 10.5 Å². The van der Waals surface area contributed by atoms with Gasteiger partial charge in [-0.2, -0.15) is 11.8 Å². The van der Waals surface area contributed by atoms with Gasteiger partial charge >= 0.3 is 0 Å². The highest BCUT2D eigenvalue weighted by atomic mass is 35.5. The molecule has 140 valence electrons. The summed E-state index contributed by atoms with van der Waals surface area (Å²) >= 11 is 1.66. The Morgan fingerprint density at radius 2 is 2.16 bits per heavy atom. The fourth-order valence-corrected chi connectivity index (χ4v) is 3.05. The molecule has 1 unspecified atom stereocenters. The summed E-state index contributed by atoms with van der Waals surface area (Å²) < 4.78 is 5.61. The number of nitrogens with zero attached hydrogens (tertiary/aromatic N) is 1. The SMILES string of the molecule is CSCC[C@H](N)C(=O)NC1CC(=O)N(CCOc2ccccc2)C1.Cl. The van der Waals surface area contributed by atoms with Gasteiger partial charge in [0.15, 0.2) is 0 Å². The van der Waals surface area contributed by atoms with E-state index in [-0.39, 0.29) is 30.3 Å². The van der Waals surface area contributed by atoms with Crippen LogP contribution in [0.1, 0.15) is 12.8 Å². The summed E-state index contributed by atoms with van der Waals surface area (Å²) in [4.78, 5) is 25.8. The Labute approximate surface area is 159 Å². The zero-order chi connectivity index (χ0) is 17.4. The number of amides is 2. The molecule has 1 fully saturated rings. The summed E-state index contributed by atoms with van der Waals surface area (Å²) in [7, 11) is 0. The molecule has 1 aromatic rings. The van der Waals surface area contributed by atoms with Crippen LogP contribution in [0, 0.1) is 0 Å². The van der Waals surface area contributed by atoms with Gasteiger partial charge < -0.3 is 20.7 Å². The van der Waals surface area contributed by atoms with Crippen molar-refractivity contribution in [3.8, 4) is 5.75 Å². The van der Waals surface area contributed by atoms with Crippen molar-refractivity contribution in [3.05, 3.63) is 30.3 Å². The van der Waals surface area contributed by atoms with Gasteiger partial charge in [-0.15, -0.1) is 12.4 Å². The highest BCUT2D eigenvalue weighted by Crippen LogP contribution is 2.13. The molecule has 6 nitrogen and oxygen atoms in total. The third kappa shape index (κ3) is 7.13.